The molecule has 1 amide bonds. The fourth-order valence-corrected chi connectivity index (χ4v) is 5.04. The lowest BCUT2D eigenvalue weighted by Gasteiger charge is -2.43. The van der Waals surface area contributed by atoms with E-state index < -0.39 is 5.56 Å². The maximum Gasteiger partial charge on any atom is 0.275 e. The predicted molar refractivity (Wildman–Crippen MR) is 114 cm³/mol. The summed E-state index contributed by atoms with van der Waals surface area (Å²) in [7, 11) is 1.63. The van der Waals surface area contributed by atoms with Gasteiger partial charge >= 0.3 is 0 Å². The van der Waals surface area contributed by atoms with Crippen molar-refractivity contribution in [2.24, 2.45) is 5.92 Å². The minimum absolute atomic E-state index is 0.0264. The molecule has 9 nitrogen and oxygen atoms in total. The Balaban J connectivity index is 1.38. The van der Waals surface area contributed by atoms with E-state index in [0.29, 0.717) is 19.6 Å². The summed E-state index contributed by atoms with van der Waals surface area (Å²) in [4.78, 5) is 27.6. The molecule has 2 aliphatic rings. The van der Waals surface area contributed by atoms with Crippen molar-refractivity contribution in [3.05, 3.63) is 63.9 Å². The Hall–Kier alpha value is -3.30. The minimum atomic E-state index is -0.489. The normalized spacial score (nSPS) is 19.9. The van der Waals surface area contributed by atoms with Crippen LogP contribution in [0.5, 0.6) is 5.75 Å². The van der Waals surface area contributed by atoms with Crippen molar-refractivity contribution < 1.29 is 14.7 Å². The van der Waals surface area contributed by atoms with Crippen LogP contribution in [0, 0.1) is 11.1 Å². The van der Waals surface area contributed by atoms with Crippen molar-refractivity contribution >= 4 is 22.5 Å². The number of likely N-dealkylation sites (tertiary alicyclic amines) is 1. The van der Waals surface area contributed by atoms with Gasteiger partial charge in [0.1, 0.15) is 18.0 Å². The summed E-state index contributed by atoms with van der Waals surface area (Å²) in [5, 5.41) is 21.0. The zero-order chi connectivity index (χ0) is 21.7. The number of aromatic nitrogens is 2. The molecular formula is C22H23N4O5-. The maximum atomic E-state index is 13.1. The van der Waals surface area contributed by atoms with Gasteiger partial charge in [0.15, 0.2) is 0 Å². The number of benzene rings is 1. The molecule has 1 saturated heterocycles. The number of fused-ring (bicyclic) bond motifs is 5. The standard InChI is InChI=1S/C22H23N4O5/c1-31-20-4-2-3-18-16(20)7-8-23(18)13-21(27)24-10-14-9-15(12-24)17-5-6-19(26(29)30)22(28)25(17)11-14/h2-8,14-15,29H,9-13H2,1H3/q-1/t14-,15?/m0/s1. The second kappa shape index (κ2) is 7.44. The lowest BCUT2D eigenvalue weighted by Crippen LogP contribution is -2.50. The van der Waals surface area contributed by atoms with Gasteiger partial charge in [0.25, 0.3) is 5.56 Å². The van der Waals surface area contributed by atoms with Gasteiger partial charge in [0, 0.05) is 42.8 Å². The fourth-order valence-electron chi connectivity index (χ4n) is 5.04. The summed E-state index contributed by atoms with van der Waals surface area (Å²) in [6, 6.07) is 10.8. The SMILES string of the molecule is COc1cccc2c1ccn2CC(=O)N1CC2C[C@@H](C1)Cn1c2ccc(N([O-])O)c1=O. The molecule has 5 rings (SSSR count). The first-order chi connectivity index (χ1) is 15.0. The lowest BCUT2D eigenvalue weighted by atomic mass is 9.83. The van der Waals surface area contributed by atoms with Crippen LogP contribution in [0.1, 0.15) is 18.0 Å². The average Bonchev–Trinajstić information content (AvgIpc) is 3.17. The van der Waals surface area contributed by atoms with Gasteiger partial charge in [-0.1, -0.05) is 6.07 Å². The molecule has 2 atom stereocenters. The Kier molecular flexibility index (Phi) is 4.71. The molecule has 0 aliphatic carbocycles. The number of piperidine rings is 1. The van der Waals surface area contributed by atoms with E-state index in [2.05, 4.69) is 0 Å². The van der Waals surface area contributed by atoms with Crippen molar-refractivity contribution in [3.8, 4) is 5.75 Å². The Morgan fingerprint density at radius 2 is 2.06 bits per heavy atom. The molecule has 162 valence electrons. The van der Waals surface area contributed by atoms with Gasteiger partial charge in [0.05, 0.1) is 12.6 Å². The number of rotatable bonds is 4. The van der Waals surface area contributed by atoms with E-state index >= 15 is 0 Å². The number of carbonyl (C=O) groups is 1. The highest BCUT2D eigenvalue weighted by molar-refractivity contribution is 5.88. The van der Waals surface area contributed by atoms with Crippen LogP contribution >= 0.6 is 0 Å². The van der Waals surface area contributed by atoms with Crippen molar-refractivity contribution in [1.82, 2.24) is 14.0 Å². The second-order valence-electron chi connectivity index (χ2n) is 8.27. The van der Waals surface area contributed by atoms with Crippen LogP contribution in [0.3, 0.4) is 0 Å². The monoisotopic (exact) mass is 423 g/mol. The summed E-state index contributed by atoms with van der Waals surface area (Å²) in [6.07, 6.45) is 2.79. The molecule has 0 radical (unpaired) electrons. The number of amides is 1. The summed E-state index contributed by atoms with van der Waals surface area (Å²) < 4.78 is 8.91. The van der Waals surface area contributed by atoms with Gasteiger partial charge in [-0.2, -0.15) is 0 Å². The van der Waals surface area contributed by atoms with E-state index in [-0.39, 0.29) is 35.2 Å². The van der Waals surface area contributed by atoms with E-state index in [1.165, 1.54) is 6.07 Å². The molecule has 2 aliphatic heterocycles. The smallest absolute Gasteiger partial charge is 0.275 e. The highest BCUT2D eigenvalue weighted by atomic mass is 16.8. The first-order valence-electron chi connectivity index (χ1n) is 10.3. The van der Waals surface area contributed by atoms with Gasteiger partial charge < -0.3 is 29.2 Å². The van der Waals surface area contributed by atoms with Crippen LogP contribution in [0.4, 0.5) is 5.69 Å². The molecule has 2 aromatic heterocycles. The fraction of sp³-hybridized carbons (Fsp3) is 0.364. The van der Waals surface area contributed by atoms with E-state index in [1.54, 1.807) is 17.7 Å². The van der Waals surface area contributed by atoms with Crippen molar-refractivity contribution in [3.63, 3.8) is 0 Å². The van der Waals surface area contributed by atoms with Crippen LogP contribution < -0.4 is 15.5 Å². The largest absolute Gasteiger partial charge is 0.733 e. The molecule has 1 N–H and O–H groups in total. The quantitative estimate of drug-likeness (QED) is 0.645. The van der Waals surface area contributed by atoms with Gasteiger partial charge in [-0.25, -0.2) is 0 Å². The van der Waals surface area contributed by atoms with Crippen molar-refractivity contribution in [2.45, 2.75) is 25.4 Å². The summed E-state index contributed by atoms with van der Waals surface area (Å²) >= 11 is 0. The van der Waals surface area contributed by atoms with Gasteiger partial charge in [0.2, 0.25) is 5.91 Å². The van der Waals surface area contributed by atoms with Crippen LogP contribution in [-0.2, 0) is 17.9 Å². The number of hydrogen-bond donors (Lipinski definition) is 1. The number of hydrogen-bond acceptors (Lipinski definition) is 6. The predicted octanol–water partition coefficient (Wildman–Crippen LogP) is 2.15. The zero-order valence-electron chi connectivity index (χ0n) is 17.1. The second-order valence-corrected chi connectivity index (χ2v) is 8.27. The topological polar surface area (TPSA) is 103 Å². The third kappa shape index (κ3) is 3.26. The first-order valence-corrected chi connectivity index (χ1v) is 10.3. The van der Waals surface area contributed by atoms with Crippen molar-refractivity contribution in [2.75, 3.05) is 25.4 Å². The molecule has 0 spiro atoms. The Morgan fingerprint density at radius 1 is 1.23 bits per heavy atom. The molecule has 1 fully saturated rings. The Bertz CT molecular complexity index is 1210. The Labute approximate surface area is 178 Å². The summed E-state index contributed by atoms with van der Waals surface area (Å²) in [5.41, 5.74) is 0.977. The van der Waals surface area contributed by atoms with Gasteiger partial charge in [-0.05, 0) is 42.7 Å². The highest BCUT2D eigenvalue weighted by Crippen LogP contribution is 2.36. The molecule has 0 saturated carbocycles. The number of anilines is 1. The van der Waals surface area contributed by atoms with Crippen LogP contribution in [-0.4, -0.2) is 45.3 Å². The van der Waals surface area contributed by atoms with E-state index in [9.17, 15) is 14.8 Å². The van der Waals surface area contributed by atoms with Crippen molar-refractivity contribution in [1.29, 1.82) is 0 Å². The molecule has 1 unspecified atom stereocenters. The Morgan fingerprint density at radius 3 is 2.84 bits per heavy atom. The number of pyridine rings is 1. The number of carbonyl (C=O) groups excluding carboxylic acids is 1. The van der Waals surface area contributed by atoms with Gasteiger partial charge in [-0.15, -0.1) is 0 Å². The third-order valence-corrected chi connectivity index (χ3v) is 6.44. The number of methoxy groups -OCH3 is 1. The molecule has 1 aromatic carbocycles. The maximum absolute atomic E-state index is 13.1. The number of nitrogens with zero attached hydrogens (tertiary/aromatic N) is 4. The molecular weight excluding hydrogens is 400 g/mol. The molecule has 31 heavy (non-hydrogen) atoms. The van der Waals surface area contributed by atoms with E-state index in [0.717, 1.165) is 28.8 Å². The molecule has 3 aromatic rings. The third-order valence-electron chi connectivity index (χ3n) is 6.44. The van der Waals surface area contributed by atoms with Gasteiger partial charge in [-0.3, -0.25) is 14.8 Å². The zero-order valence-corrected chi connectivity index (χ0v) is 17.1. The van der Waals surface area contributed by atoms with E-state index in [4.69, 9.17) is 9.94 Å². The van der Waals surface area contributed by atoms with E-state index in [1.807, 2.05) is 39.9 Å². The van der Waals surface area contributed by atoms with Crippen LogP contribution in [0.2, 0.25) is 0 Å². The first kappa shape index (κ1) is 19.7. The average molecular weight is 423 g/mol. The minimum Gasteiger partial charge on any atom is -0.733 e. The van der Waals surface area contributed by atoms with Crippen LogP contribution in [0.15, 0.2) is 47.4 Å². The highest BCUT2D eigenvalue weighted by Gasteiger charge is 2.36. The molecule has 2 bridgehead atoms. The lowest BCUT2D eigenvalue weighted by molar-refractivity contribution is -0.134. The summed E-state index contributed by atoms with van der Waals surface area (Å²) in [6.45, 7) is 1.75. The summed E-state index contributed by atoms with van der Waals surface area (Å²) in [5.74, 6) is 0.961. The molecule has 4 heterocycles. The molecule has 9 heteroatoms. The van der Waals surface area contributed by atoms with Crippen LogP contribution in [0.25, 0.3) is 10.9 Å². The number of ether oxygens (including phenoxy) is 1.